The molecule has 4 N–H and O–H groups in total. The molecular weight excluding hydrogens is 200 g/mol. The SMILES string of the molecule is C=C/C=c1/c(NC)c(N)c(NC)n/c1=C/C. The number of hydrogen-bond donors (Lipinski definition) is 3. The fourth-order valence-corrected chi connectivity index (χ4v) is 1.60. The van der Waals surface area contributed by atoms with Crippen molar-refractivity contribution in [3.05, 3.63) is 23.2 Å². The average molecular weight is 218 g/mol. The van der Waals surface area contributed by atoms with Crippen molar-refractivity contribution >= 4 is 29.3 Å². The molecule has 0 bridgehead atoms. The summed E-state index contributed by atoms with van der Waals surface area (Å²) in [5, 5.41) is 7.90. The van der Waals surface area contributed by atoms with Crippen LogP contribution in [0.2, 0.25) is 0 Å². The molecule has 4 heteroatoms. The van der Waals surface area contributed by atoms with Crippen LogP contribution in [-0.4, -0.2) is 19.1 Å². The lowest BCUT2D eigenvalue weighted by Crippen LogP contribution is -2.32. The zero-order chi connectivity index (χ0) is 12.1. The molecule has 0 aliphatic rings. The van der Waals surface area contributed by atoms with Crippen molar-refractivity contribution in [3.8, 4) is 0 Å². The van der Waals surface area contributed by atoms with Gasteiger partial charge in [-0.2, -0.15) is 0 Å². The highest BCUT2D eigenvalue weighted by atomic mass is 15.0. The number of rotatable bonds is 3. The number of nitrogens with one attached hydrogen (secondary N) is 2. The molecule has 0 spiro atoms. The Balaban J connectivity index is 3.79. The molecule has 0 aliphatic heterocycles. The highest BCUT2D eigenvalue weighted by Crippen LogP contribution is 2.18. The van der Waals surface area contributed by atoms with Gasteiger partial charge in [-0.15, -0.1) is 0 Å². The van der Waals surface area contributed by atoms with Gasteiger partial charge >= 0.3 is 0 Å². The Bertz CT molecular complexity index is 503. The molecule has 0 aromatic carbocycles. The molecular formula is C12H18N4. The molecule has 0 aliphatic carbocycles. The first-order valence-corrected chi connectivity index (χ1v) is 5.13. The van der Waals surface area contributed by atoms with Gasteiger partial charge < -0.3 is 16.4 Å². The van der Waals surface area contributed by atoms with E-state index in [0.717, 1.165) is 16.3 Å². The van der Waals surface area contributed by atoms with Gasteiger partial charge in [-0.25, -0.2) is 4.98 Å². The van der Waals surface area contributed by atoms with E-state index in [0.29, 0.717) is 11.5 Å². The lowest BCUT2D eigenvalue weighted by Gasteiger charge is -2.11. The minimum Gasteiger partial charge on any atom is -0.394 e. The number of allylic oxidation sites excluding steroid dienone is 1. The topological polar surface area (TPSA) is 63.0 Å². The second kappa shape index (κ2) is 5.21. The molecule has 1 aromatic heterocycles. The monoisotopic (exact) mass is 218 g/mol. The van der Waals surface area contributed by atoms with Crippen LogP contribution in [0.25, 0.3) is 12.2 Å². The van der Waals surface area contributed by atoms with Crippen LogP contribution in [-0.2, 0) is 0 Å². The Morgan fingerprint density at radius 2 is 2.00 bits per heavy atom. The second-order valence-corrected chi connectivity index (χ2v) is 3.24. The van der Waals surface area contributed by atoms with Crippen LogP contribution in [0.3, 0.4) is 0 Å². The van der Waals surface area contributed by atoms with Gasteiger partial charge in [0.05, 0.1) is 16.7 Å². The standard InChI is InChI=1S/C12H18N4/c1-5-7-8-9(6-2)16-12(15-4)10(13)11(8)14-3/h5-7,14H,1,13H2,2-4H3,(H,15,16)/b8-7+,9-6+. The Morgan fingerprint density at radius 1 is 1.31 bits per heavy atom. The Kier molecular flexibility index (Phi) is 3.94. The van der Waals surface area contributed by atoms with E-state index in [1.54, 1.807) is 13.1 Å². The van der Waals surface area contributed by atoms with Crippen LogP contribution in [0.5, 0.6) is 0 Å². The van der Waals surface area contributed by atoms with E-state index in [1.165, 1.54) is 0 Å². The van der Waals surface area contributed by atoms with E-state index in [1.807, 2.05) is 26.1 Å². The van der Waals surface area contributed by atoms with Crippen molar-refractivity contribution < 1.29 is 0 Å². The third kappa shape index (κ3) is 2.00. The summed E-state index contributed by atoms with van der Waals surface area (Å²) in [6.45, 7) is 5.64. The van der Waals surface area contributed by atoms with E-state index in [2.05, 4.69) is 22.2 Å². The van der Waals surface area contributed by atoms with Gasteiger partial charge in [0.15, 0.2) is 5.82 Å². The lowest BCUT2D eigenvalue weighted by molar-refractivity contribution is 1.20. The first-order chi connectivity index (χ1) is 7.69. The third-order valence-corrected chi connectivity index (χ3v) is 2.35. The minimum atomic E-state index is 0.615. The summed E-state index contributed by atoms with van der Waals surface area (Å²) in [6.07, 6.45) is 5.56. The van der Waals surface area contributed by atoms with Crippen molar-refractivity contribution in [2.45, 2.75) is 6.92 Å². The second-order valence-electron chi connectivity index (χ2n) is 3.24. The molecule has 0 radical (unpaired) electrons. The predicted molar refractivity (Wildman–Crippen MR) is 71.8 cm³/mol. The quantitative estimate of drug-likeness (QED) is 0.692. The number of pyridine rings is 1. The van der Waals surface area contributed by atoms with E-state index < -0.39 is 0 Å². The molecule has 0 unspecified atom stereocenters. The Morgan fingerprint density at radius 3 is 2.44 bits per heavy atom. The summed E-state index contributed by atoms with van der Waals surface area (Å²) < 4.78 is 0. The molecule has 86 valence electrons. The lowest BCUT2D eigenvalue weighted by atomic mass is 10.2. The molecule has 1 heterocycles. The third-order valence-electron chi connectivity index (χ3n) is 2.35. The molecule has 0 atom stereocenters. The molecule has 4 nitrogen and oxygen atoms in total. The van der Waals surface area contributed by atoms with Crippen molar-refractivity contribution in [3.63, 3.8) is 0 Å². The Hall–Kier alpha value is -1.97. The summed E-state index contributed by atoms with van der Waals surface area (Å²) in [5.74, 6) is 0.679. The zero-order valence-electron chi connectivity index (χ0n) is 9.96. The summed E-state index contributed by atoms with van der Waals surface area (Å²) in [4.78, 5) is 4.43. The molecule has 1 rings (SSSR count). The van der Waals surface area contributed by atoms with Gasteiger partial charge in [0.2, 0.25) is 0 Å². The van der Waals surface area contributed by atoms with Gasteiger partial charge in [0.1, 0.15) is 0 Å². The number of aromatic nitrogens is 1. The summed E-state index contributed by atoms with van der Waals surface area (Å²) in [7, 11) is 3.64. The van der Waals surface area contributed by atoms with E-state index in [9.17, 15) is 0 Å². The summed E-state index contributed by atoms with van der Waals surface area (Å²) >= 11 is 0. The predicted octanol–water partition coefficient (Wildman–Crippen LogP) is 0.514. The van der Waals surface area contributed by atoms with Gasteiger partial charge in [-0.3, -0.25) is 0 Å². The van der Waals surface area contributed by atoms with Crippen LogP contribution in [0.1, 0.15) is 6.92 Å². The molecule has 16 heavy (non-hydrogen) atoms. The minimum absolute atomic E-state index is 0.615. The number of hydrogen-bond acceptors (Lipinski definition) is 4. The number of anilines is 3. The first kappa shape index (κ1) is 12.1. The van der Waals surface area contributed by atoms with Crippen LogP contribution < -0.4 is 26.9 Å². The van der Waals surface area contributed by atoms with Crippen LogP contribution in [0.15, 0.2) is 12.7 Å². The first-order valence-electron chi connectivity index (χ1n) is 5.13. The van der Waals surface area contributed by atoms with E-state index >= 15 is 0 Å². The van der Waals surface area contributed by atoms with Gasteiger partial charge in [-0.1, -0.05) is 24.8 Å². The molecule has 1 aromatic rings. The van der Waals surface area contributed by atoms with Crippen LogP contribution >= 0.6 is 0 Å². The maximum Gasteiger partial charge on any atom is 0.151 e. The van der Waals surface area contributed by atoms with Gasteiger partial charge in [0.25, 0.3) is 0 Å². The van der Waals surface area contributed by atoms with E-state index in [4.69, 9.17) is 5.73 Å². The Labute approximate surface area is 95.6 Å². The van der Waals surface area contributed by atoms with Crippen molar-refractivity contribution in [2.75, 3.05) is 30.5 Å². The maximum absolute atomic E-state index is 6.00. The number of nitrogen functional groups attached to an aromatic ring is 1. The summed E-state index contributed by atoms with van der Waals surface area (Å²) in [6, 6.07) is 0. The normalized spacial score (nSPS) is 12.7. The summed E-state index contributed by atoms with van der Waals surface area (Å²) in [5.41, 5.74) is 7.49. The molecule has 0 fully saturated rings. The number of nitrogens with zero attached hydrogens (tertiary/aromatic N) is 1. The molecule has 0 saturated carbocycles. The fourth-order valence-electron chi connectivity index (χ4n) is 1.60. The fraction of sp³-hybridized carbons (Fsp3) is 0.250. The maximum atomic E-state index is 6.00. The smallest absolute Gasteiger partial charge is 0.151 e. The van der Waals surface area contributed by atoms with Gasteiger partial charge in [0, 0.05) is 19.3 Å². The zero-order valence-corrected chi connectivity index (χ0v) is 9.96. The van der Waals surface area contributed by atoms with Crippen LogP contribution in [0.4, 0.5) is 17.2 Å². The van der Waals surface area contributed by atoms with Gasteiger partial charge in [-0.05, 0) is 6.92 Å². The van der Waals surface area contributed by atoms with Crippen LogP contribution in [0, 0.1) is 0 Å². The van der Waals surface area contributed by atoms with Crippen molar-refractivity contribution in [2.24, 2.45) is 0 Å². The average Bonchev–Trinajstić information content (AvgIpc) is 2.30. The largest absolute Gasteiger partial charge is 0.394 e. The highest BCUT2D eigenvalue weighted by Gasteiger charge is 2.07. The highest BCUT2D eigenvalue weighted by molar-refractivity contribution is 5.78. The molecule has 0 amide bonds. The van der Waals surface area contributed by atoms with E-state index in [-0.39, 0.29) is 0 Å². The van der Waals surface area contributed by atoms with Crippen molar-refractivity contribution in [1.82, 2.24) is 4.98 Å². The van der Waals surface area contributed by atoms with Crippen molar-refractivity contribution in [1.29, 1.82) is 0 Å². The number of nitrogens with two attached hydrogens (primary N) is 1. The molecule has 0 saturated heterocycles.